The maximum Gasteiger partial charge on any atom is 0.337 e. The van der Waals surface area contributed by atoms with Gasteiger partial charge in [0.1, 0.15) is 5.15 Å². The van der Waals surface area contributed by atoms with Crippen molar-refractivity contribution >= 4 is 23.1 Å². The lowest BCUT2D eigenvalue weighted by Gasteiger charge is -2.02. The summed E-state index contributed by atoms with van der Waals surface area (Å²) in [5.41, 5.74) is 0.878. The molecule has 0 N–H and O–H groups in total. The van der Waals surface area contributed by atoms with E-state index in [4.69, 9.17) is 11.6 Å². The Balaban J connectivity index is 2.90. The molecule has 3 nitrogen and oxygen atoms in total. The Labute approximate surface area is 81.0 Å². The first-order valence-corrected chi connectivity index (χ1v) is 3.92. The summed E-state index contributed by atoms with van der Waals surface area (Å²) in [5, 5.41) is 0.376. The average molecular weight is 198 g/mol. The Hall–Kier alpha value is -1.35. The highest BCUT2D eigenvalue weighted by Gasteiger charge is 2.08. The molecule has 0 aliphatic heterocycles. The van der Waals surface area contributed by atoms with Crippen molar-refractivity contribution in [3.63, 3.8) is 0 Å². The maximum atomic E-state index is 11.0. The van der Waals surface area contributed by atoms with Crippen LogP contribution in [0.5, 0.6) is 0 Å². The van der Waals surface area contributed by atoms with Gasteiger partial charge in [0.15, 0.2) is 0 Å². The van der Waals surface area contributed by atoms with Crippen molar-refractivity contribution < 1.29 is 9.53 Å². The second-order valence-corrected chi connectivity index (χ2v) is 2.73. The van der Waals surface area contributed by atoms with Crippen LogP contribution >= 0.6 is 11.6 Å². The largest absolute Gasteiger partial charge is 0.465 e. The molecular weight excluding hydrogens is 190 g/mol. The normalized spacial score (nSPS) is 9.38. The zero-order chi connectivity index (χ0) is 9.84. The van der Waals surface area contributed by atoms with E-state index in [2.05, 4.69) is 16.3 Å². The van der Waals surface area contributed by atoms with E-state index in [1.165, 1.54) is 13.3 Å². The fourth-order valence-electron chi connectivity index (χ4n) is 0.795. The molecule has 0 spiro atoms. The number of ether oxygens (including phenoxy) is 1. The third kappa shape index (κ3) is 2.29. The van der Waals surface area contributed by atoms with Gasteiger partial charge in [-0.05, 0) is 12.1 Å². The molecule has 0 aliphatic rings. The molecule has 0 radical (unpaired) electrons. The van der Waals surface area contributed by atoms with Crippen molar-refractivity contribution in [2.24, 2.45) is 0 Å². The molecule has 0 bridgehead atoms. The molecule has 0 saturated heterocycles. The summed E-state index contributed by atoms with van der Waals surface area (Å²) in [6.07, 6.45) is 1.47. The number of pyridine rings is 1. The van der Waals surface area contributed by atoms with E-state index in [0.717, 1.165) is 0 Å². The Morgan fingerprint density at radius 1 is 1.62 bits per heavy atom. The fraction of sp³-hybridized carbons (Fsp3) is 0.111. The number of nitrogens with zero attached hydrogens (tertiary/aromatic N) is 1. The van der Waals surface area contributed by atoms with Crippen molar-refractivity contribution in [3.05, 3.63) is 35.6 Å². The van der Waals surface area contributed by atoms with Crippen LogP contribution in [-0.4, -0.2) is 18.1 Å². The van der Waals surface area contributed by atoms with Gasteiger partial charge in [0.25, 0.3) is 0 Å². The van der Waals surface area contributed by atoms with E-state index in [1.807, 2.05) is 0 Å². The number of hydrogen-bond donors (Lipinski definition) is 0. The molecule has 68 valence electrons. The first-order valence-electron chi connectivity index (χ1n) is 3.54. The summed E-state index contributed by atoms with van der Waals surface area (Å²) >= 11 is 5.57. The molecule has 0 aromatic carbocycles. The van der Waals surface area contributed by atoms with Gasteiger partial charge in [0.05, 0.1) is 12.7 Å². The van der Waals surface area contributed by atoms with Crippen LogP contribution in [0.4, 0.5) is 0 Å². The van der Waals surface area contributed by atoms with Gasteiger partial charge in [0, 0.05) is 11.8 Å². The molecule has 1 heterocycles. The second kappa shape index (κ2) is 4.05. The van der Waals surface area contributed by atoms with Crippen molar-refractivity contribution in [1.29, 1.82) is 0 Å². The molecule has 1 rings (SSSR count). The Morgan fingerprint density at radius 3 is 2.77 bits per heavy atom. The zero-order valence-electron chi connectivity index (χ0n) is 7.08. The minimum absolute atomic E-state index is 0.270. The predicted octanol–water partition coefficient (Wildman–Crippen LogP) is 1.92. The van der Waals surface area contributed by atoms with Gasteiger partial charge in [-0.3, -0.25) is 0 Å². The van der Waals surface area contributed by atoms with Crippen LogP contribution in [0.2, 0.25) is 5.15 Å². The van der Waals surface area contributed by atoms with Gasteiger partial charge in [-0.25, -0.2) is 9.78 Å². The lowest BCUT2D eigenvalue weighted by molar-refractivity contribution is -0.133. The highest BCUT2D eigenvalue weighted by Crippen LogP contribution is 2.14. The molecule has 0 saturated carbocycles. The van der Waals surface area contributed by atoms with Crippen LogP contribution in [0.25, 0.3) is 5.57 Å². The molecule has 0 atom stereocenters. The molecule has 13 heavy (non-hydrogen) atoms. The van der Waals surface area contributed by atoms with Gasteiger partial charge < -0.3 is 4.74 Å². The number of methoxy groups -OCH3 is 1. The van der Waals surface area contributed by atoms with Crippen LogP contribution < -0.4 is 0 Å². The summed E-state index contributed by atoms with van der Waals surface area (Å²) in [7, 11) is 1.30. The van der Waals surface area contributed by atoms with Gasteiger partial charge >= 0.3 is 5.97 Å². The lowest BCUT2D eigenvalue weighted by atomic mass is 10.1. The monoisotopic (exact) mass is 197 g/mol. The van der Waals surface area contributed by atoms with Crippen LogP contribution in [0, 0.1) is 0 Å². The number of hydrogen-bond acceptors (Lipinski definition) is 3. The molecule has 0 amide bonds. The molecule has 0 fully saturated rings. The van der Waals surface area contributed by atoms with Crippen LogP contribution in [0.3, 0.4) is 0 Å². The van der Waals surface area contributed by atoms with Gasteiger partial charge in [-0.15, -0.1) is 0 Å². The van der Waals surface area contributed by atoms with Crippen molar-refractivity contribution in [2.45, 2.75) is 0 Å². The standard InChI is InChI=1S/C9H8ClNO2/c1-6(9(12)13-2)7-3-4-8(10)11-5-7/h3-5H,1H2,2H3. The second-order valence-electron chi connectivity index (χ2n) is 2.34. The van der Waals surface area contributed by atoms with Crippen LogP contribution in [0.1, 0.15) is 5.56 Å². The van der Waals surface area contributed by atoms with Crippen LogP contribution in [-0.2, 0) is 9.53 Å². The van der Waals surface area contributed by atoms with Crippen LogP contribution in [0.15, 0.2) is 24.9 Å². The fourth-order valence-corrected chi connectivity index (χ4v) is 0.907. The number of halogens is 1. The van der Waals surface area contributed by atoms with E-state index in [9.17, 15) is 4.79 Å². The van der Waals surface area contributed by atoms with Gasteiger partial charge in [-0.1, -0.05) is 18.2 Å². The third-order valence-electron chi connectivity index (χ3n) is 1.51. The van der Waals surface area contributed by atoms with Crippen molar-refractivity contribution in [1.82, 2.24) is 4.98 Å². The molecule has 1 aromatic heterocycles. The number of esters is 1. The summed E-state index contributed by atoms with van der Waals surface area (Å²) in [6, 6.07) is 3.25. The minimum Gasteiger partial charge on any atom is -0.465 e. The number of aromatic nitrogens is 1. The first kappa shape index (κ1) is 9.74. The Kier molecular flexibility index (Phi) is 3.03. The van der Waals surface area contributed by atoms with E-state index < -0.39 is 5.97 Å². The number of rotatable bonds is 2. The van der Waals surface area contributed by atoms with E-state index in [0.29, 0.717) is 10.7 Å². The molecular formula is C9H8ClNO2. The zero-order valence-corrected chi connectivity index (χ0v) is 7.84. The van der Waals surface area contributed by atoms with E-state index >= 15 is 0 Å². The summed E-state index contributed by atoms with van der Waals surface area (Å²) in [6.45, 7) is 3.57. The molecule has 0 unspecified atom stereocenters. The van der Waals surface area contributed by atoms with Gasteiger partial charge in [0.2, 0.25) is 0 Å². The summed E-state index contributed by atoms with van der Waals surface area (Å²) < 4.78 is 4.50. The highest BCUT2D eigenvalue weighted by molar-refractivity contribution is 6.29. The Bertz CT molecular complexity index is 332. The van der Waals surface area contributed by atoms with E-state index in [1.54, 1.807) is 12.1 Å². The third-order valence-corrected chi connectivity index (χ3v) is 1.73. The predicted molar refractivity (Wildman–Crippen MR) is 50.3 cm³/mol. The number of carbonyl (C=O) groups excluding carboxylic acids is 1. The van der Waals surface area contributed by atoms with E-state index in [-0.39, 0.29) is 5.57 Å². The quantitative estimate of drug-likeness (QED) is 0.413. The summed E-state index contributed by atoms with van der Waals surface area (Å²) in [4.78, 5) is 14.8. The maximum absolute atomic E-state index is 11.0. The van der Waals surface area contributed by atoms with Gasteiger partial charge in [-0.2, -0.15) is 0 Å². The molecule has 1 aromatic rings. The SMILES string of the molecule is C=C(C(=O)OC)c1ccc(Cl)nc1. The average Bonchev–Trinajstić information content (AvgIpc) is 2.17. The Morgan fingerprint density at radius 2 is 2.31 bits per heavy atom. The topological polar surface area (TPSA) is 39.2 Å². The number of carbonyl (C=O) groups is 1. The van der Waals surface area contributed by atoms with Crippen molar-refractivity contribution in [2.75, 3.05) is 7.11 Å². The van der Waals surface area contributed by atoms with Crippen molar-refractivity contribution in [3.8, 4) is 0 Å². The minimum atomic E-state index is -0.468. The summed E-state index contributed by atoms with van der Waals surface area (Å²) in [5.74, 6) is -0.468. The first-order chi connectivity index (χ1) is 6.15. The highest BCUT2D eigenvalue weighted by atomic mass is 35.5. The smallest absolute Gasteiger partial charge is 0.337 e. The lowest BCUT2D eigenvalue weighted by Crippen LogP contribution is -2.02. The molecule has 4 heteroatoms. The molecule has 0 aliphatic carbocycles.